The van der Waals surface area contributed by atoms with Crippen molar-refractivity contribution in [2.75, 3.05) is 13.7 Å². The Labute approximate surface area is 187 Å². The number of carbonyl (C=O) groups excluding carboxylic acids is 3. The van der Waals surface area contributed by atoms with Crippen LogP contribution in [0.15, 0.2) is 48.5 Å². The van der Waals surface area contributed by atoms with Crippen LogP contribution in [0.4, 0.5) is 18.0 Å². The fourth-order valence-corrected chi connectivity index (χ4v) is 3.56. The highest BCUT2D eigenvalue weighted by atomic mass is 19.4. The van der Waals surface area contributed by atoms with Crippen LogP contribution >= 0.6 is 0 Å². The smallest absolute Gasteiger partial charge is 0.496 e. The Balaban J connectivity index is 1.70. The van der Waals surface area contributed by atoms with E-state index in [4.69, 9.17) is 4.74 Å². The molecule has 33 heavy (non-hydrogen) atoms. The Bertz CT molecular complexity index is 1060. The Hall–Kier alpha value is -3.76. The van der Waals surface area contributed by atoms with Crippen molar-refractivity contribution in [3.63, 3.8) is 0 Å². The largest absolute Gasteiger partial charge is 0.573 e. The minimum absolute atomic E-state index is 0.237. The van der Waals surface area contributed by atoms with Crippen molar-refractivity contribution in [2.24, 2.45) is 0 Å². The van der Waals surface area contributed by atoms with Gasteiger partial charge >= 0.3 is 12.4 Å². The topological polar surface area (TPSA) is 97.0 Å². The number of amides is 4. The van der Waals surface area contributed by atoms with E-state index in [0.717, 1.165) is 22.6 Å². The molecule has 0 aliphatic carbocycles. The van der Waals surface area contributed by atoms with Gasteiger partial charge in [-0.2, -0.15) is 0 Å². The second kappa shape index (κ2) is 9.00. The van der Waals surface area contributed by atoms with Crippen LogP contribution in [0.2, 0.25) is 0 Å². The highest BCUT2D eigenvalue weighted by Gasteiger charge is 2.49. The number of rotatable bonds is 7. The van der Waals surface area contributed by atoms with Crippen LogP contribution in [0.3, 0.4) is 0 Å². The Kier molecular flexibility index (Phi) is 6.52. The number of methoxy groups -OCH3 is 1. The fourth-order valence-electron chi connectivity index (χ4n) is 3.56. The van der Waals surface area contributed by atoms with Crippen molar-refractivity contribution in [1.29, 1.82) is 0 Å². The Morgan fingerprint density at radius 2 is 1.79 bits per heavy atom. The summed E-state index contributed by atoms with van der Waals surface area (Å²) >= 11 is 0. The van der Waals surface area contributed by atoms with Gasteiger partial charge in [-0.3, -0.25) is 14.5 Å². The first-order valence-electron chi connectivity index (χ1n) is 9.87. The van der Waals surface area contributed by atoms with E-state index < -0.39 is 48.1 Å². The Morgan fingerprint density at radius 1 is 1.15 bits per heavy atom. The van der Waals surface area contributed by atoms with E-state index in [-0.39, 0.29) is 5.56 Å². The van der Waals surface area contributed by atoms with Crippen molar-refractivity contribution >= 4 is 17.8 Å². The molecule has 11 heteroatoms. The first kappa shape index (κ1) is 23.9. The highest BCUT2D eigenvalue weighted by molar-refractivity contribution is 6.09. The van der Waals surface area contributed by atoms with Gasteiger partial charge in [0.1, 0.15) is 23.6 Å². The summed E-state index contributed by atoms with van der Waals surface area (Å²) in [6.45, 7) is 2.60. The van der Waals surface area contributed by atoms with Gasteiger partial charge in [-0.1, -0.05) is 30.3 Å². The zero-order chi connectivity index (χ0) is 24.4. The SMILES string of the molecule is COc1ccccc1C(C)NC(=O)CN1C(=O)NC(C)(c2ccc(OC(F)(F)F)cc2)C1=O. The summed E-state index contributed by atoms with van der Waals surface area (Å²) in [6.07, 6.45) is -4.85. The number of carbonyl (C=O) groups is 3. The maximum atomic E-state index is 13.0. The molecule has 0 spiro atoms. The van der Waals surface area contributed by atoms with Crippen LogP contribution in [0.5, 0.6) is 11.5 Å². The molecule has 4 amide bonds. The van der Waals surface area contributed by atoms with Crippen molar-refractivity contribution in [1.82, 2.24) is 15.5 Å². The van der Waals surface area contributed by atoms with E-state index in [1.54, 1.807) is 31.2 Å². The molecule has 2 unspecified atom stereocenters. The first-order valence-corrected chi connectivity index (χ1v) is 9.87. The number of nitrogens with zero attached hydrogens (tertiary/aromatic N) is 1. The van der Waals surface area contributed by atoms with Gasteiger partial charge in [0.25, 0.3) is 5.91 Å². The third-order valence-corrected chi connectivity index (χ3v) is 5.22. The predicted octanol–water partition coefficient (Wildman–Crippen LogP) is 3.24. The lowest BCUT2D eigenvalue weighted by atomic mass is 9.92. The maximum absolute atomic E-state index is 13.0. The molecule has 1 fully saturated rings. The molecule has 2 aromatic carbocycles. The molecule has 176 valence electrons. The molecule has 2 N–H and O–H groups in total. The maximum Gasteiger partial charge on any atom is 0.573 e. The van der Waals surface area contributed by atoms with E-state index >= 15 is 0 Å². The van der Waals surface area contributed by atoms with Gasteiger partial charge in [0, 0.05) is 5.56 Å². The predicted molar refractivity (Wildman–Crippen MR) is 110 cm³/mol. The lowest BCUT2D eigenvalue weighted by Crippen LogP contribution is -2.43. The van der Waals surface area contributed by atoms with Crippen LogP contribution in [0.1, 0.15) is 31.0 Å². The number of hydrogen-bond acceptors (Lipinski definition) is 5. The summed E-state index contributed by atoms with van der Waals surface area (Å²) in [7, 11) is 1.50. The minimum Gasteiger partial charge on any atom is -0.496 e. The summed E-state index contributed by atoms with van der Waals surface area (Å²) in [6, 6.07) is 10.4. The molecule has 1 saturated heterocycles. The number of nitrogens with one attached hydrogen (secondary N) is 2. The summed E-state index contributed by atoms with van der Waals surface area (Å²) in [4.78, 5) is 38.7. The van der Waals surface area contributed by atoms with Gasteiger partial charge in [0.15, 0.2) is 0 Å². The van der Waals surface area contributed by atoms with Gasteiger partial charge in [-0.05, 0) is 37.6 Å². The monoisotopic (exact) mass is 465 g/mol. The van der Waals surface area contributed by atoms with Crippen LogP contribution < -0.4 is 20.1 Å². The quantitative estimate of drug-likeness (QED) is 0.612. The molecular weight excluding hydrogens is 443 g/mol. The van der Waals surface area contributed by atoms with Crippen molar-refractivity contribution in [3.05, 3.63) is 59.7 Å². The van der Waals surface area contributed by atoms with Crippen LogP contribution in [-0.4, -0.2) is 42.8 Å². The fraction of sp³-hybridized carbons (Fsp3) is 0.318. The zero-order valence-corrected chi connectivity index (χ0v) is 18.0. The average molecular weight is 465 g/mol. The lowest BCUT2D eigenvalue weighted by Gasteiger charge is -2.23. The molecule has 8 nitrogen and oxygen atoms in total. The van der Waals surface area contributed by atoms with E-state index in [2.05, 4.69) is 15.4 Å². The van der Waals surface area contributed by atoms with Crippen LogP contribution in [-0.2, 0) is 15.1 Å². The van der Waals surface area contributed by atoms with Gasteiger partial charge in [0.2, 0.25) is 5.91 Å². The van der Waals surface area contributed by atoms with Crippen molar-refractivity contribution < 1.29 is 37.0 Å². The first-order chi connectivity index (χ1) is 15.4. The zero-order valence-electron chi connectivity index (χ0n) is 18.0. The van der Waals surface area contributed by atoms with E-state index in [1.807, 2.05) is 0 Å². The standard InChI is InChI=1S/C22H22F3N3O5/c1-13(16-6-4-5-7-17(16)32-3)26-18(29)12-28-19(30)21(2,27-20(28)31)14-8-10-15(11-9-14)33-22(23,24)25/h4-11,13H,12H2,1-3H3,(H,26,29)(H,27,31). The van der Waals surface area contributed by atoms with E-state index in [9.17, 15) is 27.6 Å². The number of hydrogen-bond donors (Lipinski definition) is 2. The molecule has 3 rings (SSSR count). The molecule has 1 aliphatic heterocycles. The molecule has 1 aliphatic rings. The van der Waals surface area contributed by atoms with Crippen LogP contribution in [0, 0.1) is 0 Å². The third kappa shape index (κ3) is 5.18. The summed E-state index contributed by atoms with van der Waals surface area (Å²) < 4.78 is 46.2. The normalized spacial score (nSPS) is 19.2. The number of halogens is 3. The summed E-state index contributed by atoms with van der Waals surface area (Å²) in [5.74, 6) is -1.17. The van der Waals surface area contributed by atoms with Crippen molar-refractivity contribution in [2.45, 2.75) is 31.8 Å². The minimum atomic E-state index is -4.85. The van der Waals surface area contributed by atoms with Crippen LogP contribution in [0.25, 0.3) is 0 Å². The van der Waals surface area contributed by atoms with E-state index in [1.165, 1.54) is 26.2 Å². The number of alkyl halides is 3. The van der Waals surface area contributed by atoms with E-state index in [0.29, 0.717) is 5.75 Å². The number of para-hydroxylation sites is 1. The van der Waals surface area contributed by atoms with Gasteiger partial charge < -0.3 is 20.1 Å². The molecule has 0 aromatic heterocycles. The highest BCUT2D eigenvalue weighted by Crippen LogP contribution is 2.31. The molecule has 2 aromatic rings. The van der Waals surface area contributed by atoms with Gasteiger partial charge in [-0.25, -0.2) is 4.79 Å². The molecule has 0 saturated carbocycles. The molecule has 2 atom stereocenters. The number of benzene rings is 2. The van der Waals surface area contributed by atoms with Gasteiger partial charge in [0.05, 0.1) is 13.2 Å². The second-order valence-corrected chi connectivity index (χ2v) is 7.55. The summed E-state index contributed by atoms with van der Waals surface area (Å²) in [5, 5.41) is 5.22. The molecular formula is C22H22F3N3O5. The summed E-state index contributed by atoms with van der Waals surface area (Å²) in [5.41, 5.74) is -0.597. The number of ether oxygens (including phenoxy) is 2. The van der Waals surface area contributed by atoms with Crippen molar-refractivity contribution in [3.8, 4) is 11.5 Å². The number of urea groups is 1. The number of imide groups is 1. The second-order valence-electron chi connectivity index (χ2n) is 7.55. The lowest BCUT2D eigenvalue weighted by molar-refractivity contribution is -0.274. The molecule has 0 bridgehead atoms. The average Bonchev–Trinajstić information content (AvgIpc) is 2.96. The molecule has 1 heterocycles. The third-order valence-electron chi connectivity index (χ3n) is 5.22. The Morgan fingerprint density at radius 3 is 2.39 bits per heavy atom. The molecule has 0 radical (unpaired) electrons. The van der Waals surface area contributed by atoms with Gasteiger partial charge in [-0.15, -0.1) is 13.2 Å².